The van der Waals surface area contributed by atoms with Gasteiger partial charge in [-0.15, -0.1) is 0 Å². The summed E-state index contributed by atoms with van der Waals surface area (Å²) < 4.78 is 0. The van der Waals surface area contributed by atoms with Crippen molar-refractivity contribution in [2.24, 2.45) is 34.1 Å². The van der Waals surface area contributed by atoms with Crippen molar-refractivity contribution < 1.29 is 0 Å². The van der Waals surface area contributed by atoms with E-state index in [2.05, 4.69) is 30.6 Å². The molecule has 3 nitrogen and oxygen atoms in total. The first kappa shape index (κ1) is 23.0. The largest absolute Gasteiger partial charge is 0.338 e. The lowest BCUT2D eigenvalue weighted by molar-refractivity contribution is 0.130. The van der Waals surface area contributed by atoms with E-state index in [1.165, 1.54) is 115 Å². The maximum Gasteiger partial charge on any atom is 0.197 e. The van der Waals surface area contributed by atoms with E-state index in [9.17, 15) is 0 Å². The lowest BCUT2D eigenvalue weighted by Crippen LogP contribution is -2.42. The first-order valence-corrected chi connectivity index (χ1v) is 14.6. The summed E-state index contributed by atoms with van der Waals surface area (Å²) in [5.74, 6) is 5.12. The van der Waals surface area contributed by atoms with Crippen LogP contribution in [0.4, 0.5) is 0 Å². The molecule has 32 heavy (non-hydrogen) atoms. The number of hydrogen-bond acceptors (Lipinski definition) is 3. The van der Waals surface area contributed by atoms with Crippen molar-refractivity contribution in [3.63, 3.8) is 0 Å². The molecular weight excluding hydrogens is 390 g/mol. The van der Waals surface area contributed by atoms with Gasteiger partial charge < -0.3 is 9.80 Å². The average molecular weight is 442 g/mol. The fraction of sp³-hybridized carbons (Fsp3) is 0.966. The number of nitrogens with zero attached hydrogens (tertiary/aromatic N) is 3. The van der Waals surface area contributed by atoms with Crippen LogP contribution in [-0.4, -0.2) is 47.5 Å². The van der Waals surface area contributed by atoms with Gasteiger partial charge in [0.25, 0.3) is 0 Å². The van der Waals surface area contributed by atoms with Crippen molar-refractivity contribution in [3.05, 3.63) is 0 Å². The molecule has 2 atom stereocenters. The van der Waals surface area contributed by atoms with Crippen LogP contribution in [0.1, 0.15) is 117 Å². The van der Waals surface area contributed by atoms with Crippen LogP contribution in [-0.2, 0) is 0 Å². The Kier molecular flexibility index (Phi) is 7.10. The highest BCUT2D eigenvalue weighted by Crippen LogP contribution is 2.42. The molecule has 3 heteroatoms. The summed E-state index contributed by atoms with van der Waals surface area (Å²) in [7, 11) is 0. The second-order valence-corrected chi connectivity index (χ2v) is 13.4. The minimum atomic E-state index is 0.488. The van der Waals surface area contributed by atoms with Crippen LogP contribution < -0.4 is 0 Å². The topological polar surface area (TPSA) is 18.8 Å². The Morgan fingerprint density at radius 3 is 2.09 bits per heavy atom. The van der Waals surface area contributed by atoms with Crippen LogP contribution in [0.2, 0.25) is 0 Å². The minimum absolute atomic E-state index is 0.488. The molecule has 2 aliphatic heterocycles. The van der Waals surface area contributed by atoms with Gasteiger partial charge in [-0.25, -0.2) is 0 Å². The number of hydrogen-bond donors (Lipinski definition) is 0. The first-order valence-electron chi connectivity index (χ1n) is 14.6. The predicted molar refractivity (Wildman–Crippen MR) is 136 cm³/mol. The highest BCUT2D eigenvalue weighted by molar-refractivity contribution is 5.84. The van der Waals surface area contributed by atoms with Crippen molar-refractivity contribution in [2.45, 2.75) is 129 Å². The molecule has 0 aromatic carbocycles. The van der Waals surface area contributed by atoms with Gasteiger partial charge in [0.15, 0.2) is 5.96 Å². The molecule has 0 unspecified atom stereocenters. The lowest BCUT2D eigenvalue weighted by Gasteiger charge is -2.39. The van der Waals surface area contributed by atoms with Gasteiger partial charge in [0.1, 0.15) is 0 Å². The van der Waals surface area contributed by atoms with E-state index in [0.29, 0.717) is 5.41 Å². The lowest BCUT2D eigenvalue weighted by atomic mass is 9.70. The maximum absolute atomic E-state index is 5.27. The van der Waals surface area contributed by atoms with Crippen LogP contribution in [0, 0.1) is 29.1 Å². The molecule has 0 radical (unpaired) electrons. The van der Waals surface area contributed by atoms with Gasteiger partial charge in [0, 0.05) is 19.1 Å². The van der Waals surface area contributed by atoms with Crippen molar-refractivity contribution in [3.8, 4) is 0 Å². The summed E-state index contributed by atoms with van der Waals surface area (Å²) in [4.78, 5) is 11.0. The molecule has 182 valence electrons. The van der Waals surface area contributed by atoms with E-state index >= 15 is 0 Å². The zero-order valence-corrected chi connectivity index (χ0v) is 21.5. The first-order chi connectivity index (χ1) is 15.5. The summed E-state index contributed by atoms with van der Waals surface area (Å²) in [6, 6.07) is 1.46. The van der Waals surface area contributed by atoms with Crippen molar-refractivity contribution in [1.29, 1.82) is 0 Å². The second kappa shape index (κ2) is 9.87. The molecule has 4 fully saturated rings. The standard InChI is InChI=1S/C29H51N3/c1-29(2,3)25-16-14-23(15-17-25)20-31-26(18-22-10-6-4-7-11-22)21-32-27(19-30-28(31)32)24-12-8-5-9-13-24/h22-27H,4-21H2,1-3H3/t23?,25?,26-,27+/m1/s1. The number of rotatable bonds is 5. The molecular formula is C29H51N3. The van der Waals surface area contributed by atoms with Crippen LogP contribution in [0.5, 0.6) is 0 Å². The maximum atomic E-state index is 5.27. The summed E-state index contributed by atoms with van der Waals surface area (Å²) in [6.07, 6.45) is 21.9. The molecule has 2 heterocycles. The molecule has 5 rings (SSSR count). The minimum Gasteiger partial charge on any atom is -0.338 e. The SMILES string of the molecule is CC(C)(C)C1CCC(CN2C3=NC[C@@H](C4CCCCC4)N3C[C@H]2CC2CCCCC2)CC1. The van der Waals surface area contributed by atoms with Crippen LogP contribution in [0.15, 0.2) is 4.99 Å². The fourth-order valence-electron chi connectivity index (χ4n) is 8.13. The Hall–Kier alpha value is -0.730. The van der Waals surface area contributed by atoms with Crippen molar-refractivity contribution in [1.82, 2.24) is 9.80 Å². The Bertz CT molecular complexity index is 629. The Labute approximate surface area is 198 Å². The molecule has 3 saturated carbocycles. The van der Waals surface area contributed by atoms with E-state index in [1.54, 1.807) is 0 Å². The summed E-state index contributed by atoms with van der Waals surface area (Å²) >= 11 is 0. The van der Waals surface area contributed by atoms with Crippen LogP contribution in [0.25, 0.3) is 0 Å². The van der Waals surface area contributed by atoms with Gasteiger partial charge in [0.2, 0.25) is 0 Å². The molecule has 0 aromatic rings. The van der Waals surface area contributed by atoms with Gasteiger partial charge in [-0.3, -0.25) is 4.99 Å². The molecule has 0 aromatic heterocycles. The number of aliphatic imine (C=N–C) groups is 1. The van der Waals surface area contributed by atoms with Gasteiger partial charge in [-0.1, -0.05) is 72.1 Å². The molecule has 0 N–H and O–H groups in total. The molecule has 3 aliphatic carbocycles. The third-order valence-electron chi connectivity index (χ3n) is 10.2. The zero-order valence-electron chi connectivity index (χ0n) is 21.5. The molecule has 5 aliphatic rings. The molecule has 1 saturated heterocycles. The van der Waals surface area contributed by atoms with E-state index in [-0.39, 0.29) is 0 Å². The molecule has 0 bridgehead atoms. The molecule has 0 spiro atoms. The van der Waals surface area contributed by atoms with Gasteiger partial charge in [-0.2, -0.15) is 0 Å². The van der Waals surface area contributed by atoms with Gasteiger partial charge in [-0.05, 0) is 74.0 Å². The predicted octanol–water partition coefficient (Wildman–Crippen LogP) is 7.11. The third kappa shape index (κ3) is 5.02. The van der Waals surface area contributed by atoms with E-state index in [0.717, 1.165) is 42.3 Å². The molecule has 0 amide bonds. The summed E-state index contributed by atoms with van der Waals surface area (Å²) in [5, 5.41) is 0. The highest BCUT2D eigenvalue weighted by atomic mass is 15.5. The normalized spacial score (nSPS) is 35.3. The van der Waals surface area contributed by atoms with Gasteiger partial charge in [0.05, 0.1) is 12.6 Å². The van der Waals surface area contributed by atoms with E-state index < -0.39 is 0 Å². The Morgan fingerprint density at radius 1 is 0.781 bits per heavy atom. The summed E-state index contributed by atoms with van der Waals surface area (Å²) in [6.45, 7) is 11.0. The third-order valence-corrected chi connectivity index (χ3v) is 10.2. The Balaban J connectivity index is 1.26. The summed E-state index contributed by atoms with van der Waals surface area (Å²) in [5.41, 5.74) is 0.488. The van der Waals surface area contributed by atoms with E-state index in [1.807, 2.05) is 0 Å². The van der Waals surface area contributed by atoms with Gasteiger partial charge >= 0.3 is 0 Å². The Morgan fingerprint density at radius 2 is 1.44 bits per heavy atom. The second-order valence-electron chi connectivity index (χ2n) is 13.4. The zero-order chi connectivity index (χ0) is 22.1. The monoisotopic (exact) mass is 441 g/mol. The van der Waals surface area contributed by atoms with Crippen LogP contribution >= 0.6 is 0 Å². The fourth-order valence-corrected chi connectivity index (χ4v) is 8.13. The average Bonchev–Trinajstić information content (AvgIpc) is 3.35. The van der Waals surface area contributed by atoms with E-state index in [4.69, 9.17) is 4.99 Å². The van der Waals surface area contributed by atoms with Crippen LogP contribution in [0.3, 0.4) is 0 Å². The van der Waals surface area contributed by atoms with Crippen molar-refractivity contribution >= 4 is 5.96 Å². The van der Waals surface area contributed by atoms with Crippen molar-refractivity contribution in [2.75, 3.05) is 19.6 Å². The number of fused-ring (bicyclic) bond motifs is 1. The highest BCUT2D eigenvalue weighted by Gasteiger charge is 2.46. The quantitative estimate of drug-likeness (QED) is 0.452. The smallest absolute Gasteiger partial charge is 0.197 e. The number of guanidine groups is 1.